The van der Waals surface area contributed by atoms with Crippen LogP contribution in [0.25, 0.3) is 10.9 Å². The molecular weight excluding hydrogens is 344 g/mol. The third-order valence-electron chi connectivity index (χ3n) is 4.93. The number of fused-ring (bicyclic) bond motifs is 1. The van der Waals surface area contributed by atoms with Gasteiger partial charge in [0, 0.05) is 44.3 Å². The van der Waals surface area contributed by atoms with Gasteiger partial charge in [0.15, 0.2) is 0 Å². The molecule has 1 saturated heterocycles. The molecule has 0 saturated carbocycles. The maximum Gasteiger partial charge on any atom is 0.265 e. The summed E-state index contributed by atoms with van der Waals surface area (Å²) in [4.78, 5) is 26.7. The molecule has 0 unspecified atom stereocenters. The van der Waals surface area contributed by atoms with Crippen LogP contribution in [0.2, 0.25) is 0 Å². The summed E-state index contributed by atoms with van der Waals surface area (Å²) in [5, 5.41) is 1.18. The molecule has 0 atom stereocenters. The molecule has 134 valence electrons. The number of hydrogen-bond acceptors (Lipinski definition) is 5. The third-order valence-corrected chi connectivity index (χ3v) is 5.84. The second kappa shape index (κ2) is 7.51. The molecule has 4 rings (SSSR count). The molecular formula is C20H22N4OS. The average Bonchev–Trinajstić information content (AvgIpc) is 2.95. The third kappa shape index (κ3) is 3.48. The molecule has 3 heterocycles. The van der Waals surface area contributed by atoms with Crippen LogP contribution in [0, 0.1) is 6.92 Å². The van der Waals surface area contributed by atoms with Crippen molar-refractivity contribution in [1.82, 2.24) is 19.8 Å². The number of aryl methyl sites for hydroxylation is 1. The van der Waals surface area contributed by atoms with E-state index in [0.29, 0.717) is 0 Å². The summed E-state index contributed by atoms with van der Waals surface area (Å²) in [5.74, 6) is 0.124. The number of carbonyl (C=O) groups excluding carboxylic acids is 1. The maximum atomic E-state index is 12.7. The van der Waals surface area contributed by atoms with Crippen molar-refractivity contribution in [2.75, 3.05) is 26.2 Å². The Balaban J connectivity index is 1.45. The smallest absolute Gasteiger partial charge is 0.265 e. The molecule has 1 amide bonds. The van der Waals surface area contributed by atoms with Crippen LogP contribution in [0.1, 0.15) is 27.3 Å². The standard InChI is InChI=1S/C20H22N4OS/c1-15-19(26-14-22-15)20(25)24-10-4-9-23(11-12-24)13-17-6-2-5-16-7-3-8-21-18(16)17/h2-3,5-8,14H,4,9-13H2,1H3. The summed E-state index contributed by atoms with van der Waals surface area (Å²) in [5.41, 5.74) is 4.91. The Hall–Kier alpha value is -2.31. The first-order valence-corrected chi connectivity index (χ1v) is 9.84. The lowest BCUT2D eigenvalue weighted by Gasteiger charge is -2.22. The van der Waals surface area contributed by atoms with Crippen molar-refractivity contribution in [3.8, 4) is 0 Å². The van der Waals surface area contributed by atoms with Crippen LogP contribution in [0.15, 0.2) is 42.0 Å². The number of carbonyl (C=O) groups is 1. The van der Waals surface area contributed by atoms with Crippen LogP contribution in [-0.4, -0.2) is 51.9 Å². The molecule has 0 radical (unpaired) electrons. The summed E-state index contributed by atoms with van der Waals surface area (Å²) in [7, 11) is 0. The van der Waals surface area contributed by atoms with Gasteiger partial charge in [-0.1, -0.05) is 24.3 Å². The molecule has 1 aliphatic heterocycles. The van der Waals surface area contributed by atoms with Crippen molar-refractivity contribution in [2.45, 2.75) is 19.9 Å². The van der Waals surface area contributed by atoms with E-state index in [0.717, 1.165) is 55.2 Å². The van der Waals surface area contributed by atoms with Gasteiger partial charge in [0.2, 0.25) is 0 Å². The Labute approximate surface area is 157 Å². The molecule has 2 aromatic heterocycles. The van der Waals surface area contributed by atoms with Crippen molar-refractivity contribution < 1.29 is 4.79 Å². The largest absolute Gasteiger partial charge is 0.337 e. The van der Waals surface area contributed by atoms with Gasteiger partial charge in [-0.2, -0.15) is 0 Å². The summed E-state index contributed by atoms with van der Waals surface area (Å²) in [6.07, 6.45) is 2.84. The van der Waals surface area contributed by atoms with Crippen LogP contribution < -0.4 is 0 Å². The minimum Gasteiger partial charge on any atom is -0.337 e. The number of rotatable bonds is 3. The molecule has 3 aromatic rings. The number of benzene rings is 1. The van der Waals surface area contributed by atoms with Gasteiger partial charge in [-0.05, 0) is 25.0 Å². The van der Waals surface area contributed by atoms with Gasteiger partial charge in [-0.15, -0.1) is 11.3 Å². The Morgan fingerprint density at radius 1 is 1.12 bits per heavy atom. The lowest BCUT2D eigenvalue weighted by Crippen LogP contribution is -2.35. The first-order chi connectivity index (χ1) is 12.7. The molecule has 0 bridgehead atoms. The van der Waals surface area contributed by atoms with Crippen molar-refractivity contribution in [3.63, 3.8) is 0 Å². The van der Waals surface area contributed by atoms with Gasteiger partial charge < -0.3 is 4.90 Å². The quantitative estimate of drug-likeness (QED) is 0.713. The van der Waals surface area contributed by atoms with E-state index in [1.165, 1.54) is 22.3 Å². The highest BCUT2D eigenvalue weighted by atomic mass is 32.1. The van der Waals surface area contributed by atoms with E-state index in [1.54, 1.807) is 5.51 Å². The topological polar surface area (TPSA) is 49.3 Å². The summed E-state index contributed by atoms with van der Waals surface area (Å²) in [6, 6.07) is 10.4. The SMILES string of the molecule is Cc1ncsc1C(=O)N1CCCN(Cc2cccc3cccnc23)CC1. The zero-order valence-corrected chi connectivity index (χ0v) is 15.7. The van der Waals surface area contributed by atoms with Gasteiger partial charge in [0.25, 0.3) is 5.91 Å². The average molecular weight is 366 g/mol. The Morgan fingerprint density at radius 2 is 2.00 bits per heavy atom. The number of amides is 1. The minimum atomic E-state index is 0.124. The van der Waals surface area contributed by atoms with E-state index in [4.69, 9.17) is 0 Å². The number of nitrogens with zero attached hydrogens (tertiary/aromatic N) is 4. The van der Waals surface area contributed by atoms with Crippen LogP contribution in [0.5, 0.6) is 0 Å². The fourth-order valence-electron chi connectivity index (χ4n) is 3.52. The summed E-state index contributed by atoms with van der Waals surface area (Å²) >= 11 is 1.44. The van der Waals surface area contributed by atoms with E-state index in [-0.39, 0.29) is 5.91 Å². The van der Waals surface area contributed by atoms with E-state index in [1.807, 2.05) is 24.1 Å². The van der Waals surface area contributed by atoms with Crippen LogP contribution in [0.3, 0.4) is 0 Å². The second-order valence-electron chi connectivity index (χ2n) is 6.68. The maximum absolute atomic E-state index is 12.7. The fraction of sp³-hybridized carbons (Fsp3) is 0.350. The fourth-order valence-corrected chi connectivity index (χ4v) is 4.29. The van der Waals surface area contributed by atoms with E-state index in [9.17, 15) is 4.79 Å². The van der Waals surface area contributed by atoms with E-state index in [2.05, 4.69) is 39.1 Å². The van der Waals surface area contributed by atoms with Crippen molar-refractivity contribution in [3.05, 3.63) is 58.2 Å². The number of thiazole rings is 1. The first-order valence-electron chi connectivity index (χ1n) is 8.97. The highest BCUT2D eigenvalue weighted by molar-refractivity contribution is 7.11. The van der Waals surface area contributed by atoms with E-state index >= 15 is 0 Å². The predicted molar refractivity (Wildman–Crippen MR) is 104 cm³/mol. The van der Waals surface area contributed by atoms with Gasteiger partial charge in [0.05, 0.1) is 16.7 Å². The minimum absolute atomic E-state index is 0.124. The Bertz CT molecular complexity index is 918. The lowest BCUT2D eigenvalue weighted by atomic mass is 10.1. The highest BCUT2D eigenvalue weighted by Gasteiger charge is 2.23. The predicted octanol–water partition coefficient (Wildman–Crippen LogP) is 3.35. The van der Waals surface area contributed by atoms with Crippen molar-refractivity contribution in [1.29, 1.82) is 0 Å². The molecule has 6 heteroatoms. The van der Waals surface area contributed by atoms with E-state index < -0.39 is 0 Å². The molecule has 1 fully saturated rings. The number of para-hydroxylation sites is 1. The second-order valence-corrected chi connectivity index (χ2v) is 7.54. The molecule has 26 heavy (non-hydrogen) atoms. The first kappa shape index (κ1) is 17.1. The number of aromatic nitrogens is 2. The Kier molecular flexibility index (Phi) is 4.95. The molecule has 0 aliphatic carbocycles. The summed E-state index contributed by atoms with van der Waals surface area (Å²) in [6.45, 7) is 6.22. The van der Waals surface area contributed by atoms with Gasteiger partial charge in [0.1, 0.15) is 4.88 Å². The molecule has 1 aliphatic rings. The van der Waals surface area contributed by atoms with Crippen LogP contribution >= 0.6 is 11.3 Å². The van der Waals surface area contributed by atoms with Crippen molar-refractivity contribution >= 4 is 28.1 Å². The van der Waals surface area contributed by atoms with Crippen LogP contribution in [0.4, 0.5) is 0 Å². The monoisotopic (exact) mass is 366 g/mol. The molecule has 0 N–H and O–H groups in total. The lowest BCUT2D eigenvalue weighted by molar-refractivity contribution is 0.0765. The molecule has 1 aromatic carbocycles. The van der Waals surface area contributed by atoms with Crippen LogP contribution in [-0.2, 0) is 6.54 Å². The zero-order chi connectivity index (χ0) is 17.9. The van der Waals surface area contributed by atoms with Gasteiger partial charge in [-0.3, -0.25) is 14.7 Å². The summed E-state index contributed by atoms with van der Waals surface area (Å²) < 4.78 is 0. The molecule has 5 nitrogen and oxygen atoms in total. The van der Waals surface area contributed by atoms with Gasteiger partial charge in [-0.25, -0.2) is 4.98 Å². The number of hydrogen-bond donors (Lipinski definition) is 0. The number of pyridine rings is 1. The van der Waals surface area contributed by atoms with Gasteiger partial charge >= 0.3 is 0 Å². The normalized spacial score (nSPS) is 16.0. The Morgan fingerprint density at radius 3 is 2.85 bits per heavy atom. The highest BCUT2D eigenvalue weighted by Crippen LogP contribution is 2.20. The zero-order valence-electron chi connectivity index (χ0n) is 14.9. The molecule has 0 spiro atoms. The van der Waals surface area contributed by atoms with Crippen molar-refractivity contribution in [2.24, 2.45) is 0 Å².